The Hall–Kier alpha value is -2.37. The van der Waals surface area contributed by atoms with E-state index in [1.807, 2.05) is 24.3 Å². The van der Waals surface area contributed by atoms with Crippen molar-refractivity contribution in [1.82, 2.24) is 4.90 Å². The maximum absolute atomic E-state index is 13.0. The van der Waals surface area contributed by atoms with E-state index in [2.05, 4.69) is 6.92 Å². The number of aliphatic carboxylic acids is 1. The summed E-state index contributed by atoms with van der Waals surface area (Å²) < 4.78 is 0. The Labute approximate surface area is 159 Å². The number of anilines is 1. The zero-order valence-electron chi connectivity index (χ0n) is 15.6. The molecule has 6 heteroatoms. The molecule has 2 heterocycles. The molecule has 0 radical (unpaired) electrons. The Morgan fingerprint density at radius 2 is 1.81 bits per heavy atom. The fraction of sp³-hybridized carbons (Fsp3) is 0.571. The molecule has 144 valence electrons. The zero-order valence-corrected chi connectivity index (χ0v) is 15.6. The fourth-order valence-corrected chi connectivity index (χ4v) is 4.56. The minimum Gasteiger partial charge on any atom is -0.481 e. The van der Waals surface area contributed by atoms with E-state index in [1.54, 1.807) is 9.80 Å². The van der Waals surface area contributed by atoms with Crippen molar-refractivity contribution in [3.8, 4) is 0 Å². The molecule has 1 aromatic rings. The van der Waals surface area contributed by atoms with Crippen LogP contribution in [0.4, 0.5) is 5.69 Å². The minimum absolute atomic E-state index is 0.0367. The number of hydrogen-bond acceptors (Lipinski definition) is 3. The number of carboxylic acids is 1. The van der Waals surface area contributed by atoms with E-state index in [0.29, 0.717) is 19.0 Å². The molecule has 3 aliphatic rings. The van der Waals surface area contributed by atoms with Crippen LogP contribution in [0, 0.1) is 23.7 Å². The smallest absolute Gasteiger partial charge is 0.308 e. The summed E-state index contributed by atoms with van der Waals surface area (Å²) in [5.74, 6) is -1.23. The van der Waals surface area contributed by atoms with Crippen LogP contribution in [0.15, 0.2) is 24.3 Å². The highest BCUT2D eigenvalue weighted by Gasteiger charge is 2.48. The first-order valence-electron chi connectivity index (χ1n) is 9.88. The van der Waals surface area contributed by atoms with Gasteiger partial charge in [-0.3, -0.25) is 14.4 Å². The van der Waals surface area contributed by atoms with Crippen LogP contribution in [0.25, 0.3) is 0 Å². The summed E-state index contributed by atoms with van der Waals surface area (Å²) >= 11 is 0. The number of carboxylic acid groups (broad SMARTS) is 1. The van der Waals surface area contributed by atoms with Gasteiger partial charge in [-0.15, -0.1) is 0 Å². The third-order valence-electron chi connectivity index (χ3n) is 6.35. The lowest BCUT2D eigenvalue weighted by Crippen LogP contribution is -2.36. The van der Waals surface area contributed by atoms with Gasteiger partial charge in [-0.2, -0.15) is 0 Å². The molecule has 0 aromatic heterocycles. The SMILES string of the molecule is CCc1ccc(N2CC(C(=O)N3C[C@H](C(=O)O)[C@@H](C4CC4)C3)CC2=O)cc1. The van der Waals surface area contributed by atoms with Gasteiger partial charge < -0.3 is 14.9 Å². The predicted octanol–water partition coefficient (Wildman–Crippen LogP) is 2.17. The topological polar surface area (TPSA) is 77.9 Å². The minimum atomic E-state index is -0.803. The molecule has 1 aliphatic carbocycles. The van der Waals surface area contributed by atoms with Crippen molar-refractivity contribution in [2.45, 2.75) is 32.6 Å². The summed E-state index contributed by atoms with van der Waals surface area (Å²) in [4.78, 5) is 40.4. The number of amides is 2. The molecule has 1 N–H and O–H groups in total. The van der Waals surface area contributed by atoms with Crippen LogP contribution in [-0.4, -0.2) is 47.4 Å². The number of likely N-dealkylation sites (tertiary alicyclic amines) is 1. The van der Waals surface area contributed by atoms with Gasteiger partial charge in [0.2, 0.25) is 11.8 Å². The molecule has 0 spiro atoms. The summed E-state index contributed by atoms with van der Waals surface area (Å²) in [6.07, 6.45) is 3.29. The highest BCUT2D eigenvalue weighted by molar-refractivity contribution is 6.00. The van der Waals surface area contributed by atoms with Crippen molar-refractivity contribution < 1.29 is 19.5 Å². The van der Waals surface area contributed by atoms with E-state index in [-0.39, 0.29) is 36.6 Å². The molecule has 4 rings (SSSR count). The molecular formula is C21H26N2O4. The van der Waals surface area contributed by atoms with Crippen molar-refractivity contribution in [1.29, 1.82) is 0 Å². The molecule has 3 fully saturated rings. The van der Waals surface area contributed by atoms with Crippen LogP contribution in [0.5, 0.6) is 0 Å². The second-order valence-corrected chi connectivity index (χ2v) is 8.11. The van der Waals surface area contributed by atoms with E-state index in [4.69, 9.17) is 0 Å². The number of aryl methyl sites for hydroxylation is 1. The van der Waals surface area contributed by atoms with Gasteiger partial charge in [0.1, 0.15) is 0 Å². The highest BCUT2D eigenvalue weighted by Crippen LogP contribution is 2.44. The monoisotopic (exact) mass is 370 g/mol. The Morgan fingerprint density at radius 3 is 2.41 bits per heavy atom. The maximum Gasteiger partial charge on any atom is 0.308 e. The number of benzene rings is 1. The molecule has 27 heavy (non-hydrogen) atoms. The first-order chi connectivity index (χ1) is 13.0. The summed E-state index contributed by atoms with van der Waals surface area (Å²) in [5, 5.41) is 9.50. The molecule has 1 aromatic carbocycles. The standard InChI is InChI=1S/C21H26N2O4/c1-2-13-3-7-16(8-4-13)23-10-15(9-19(23)24)20(25)22-11-17(14-5-6-14)18(12-22)21(26)27/h3-4,7-8,14-15,17-18H,2,5-6,9-12H2,1H3,(H,26,27)/t15?,17-,18+/m1/s1. The van der Waals surface area contributed by atoms with Gasteiger partial charge in [-0.1, -0.05) is 19.1 Å². The predicted molar refractivity (Wildman–Crippen MR) is 100 cm³/mol. The van der Waals surface area contributed by atoms with Gasteiger partial charge in [-0.05, 0) is 48.8 Å². The largest absolute Gasteiger partial charge is 0.481 e. The highest BCUT2D eigenvalue weighted by atomic mass is 16.4. The van der Waals surface area contributed by atoms with Crippen LogP contribution < -0.4 is 4.90 Å². The Bertz CT molecular complexity index is 756. The van der Waals surface area contributed by atoms with Gasteiger partial charge in [-0.25, -0.2) is 0 Å². The average Bonchev–Trinajstić information content (AvgIpc) is 3.29. The van der Waals surface area contributed by atoms with Crippen LogP contribution in [-0.2, 0) is 20.8 Å². The lowest BCUT2D eigenvalue weighted by Gasteiger charge is -2.21. The summed E-state index contributed by atoms with van der Waals surface area (Å²) in [6, 6.07) is 7.89. The van der Waals surface area contributed by atoms with E-state index < -0.39 is 11.9 Å². The molecular weight excluding hydrogens is 344 g/mol. The van der Waals surface area contributed by atoms with E-state index >= 15 is 0 Å². The molecule has 1 saturated carbocycles. The first kappa shape index (κ1) is 18.0. The van der Waals surface area contributed by atoms with E-state index in [1.165, 1.54) is 5.56 Å². The van der Waals surface area contributed by atoms with Crippen molar-refractivity contribution >= 4 is 23.5 Å². The van der Waals surface area contributed by atoms with Crippen molar-refractivity contribution in [2.75, 3.05) is 24.5 Å². The Balaban J connectivity index is 1.43. The first-order valence-corrected chi connectivity index (χ1v) is 9.88. The normalized spacial score (nSPS) is 28.0. The van der Waals surface area contributed by atoms with Crippen LogP contribution in [0.3, 0.4) is 0 Å². The van der Waals surface area contributed by atoms with Crippen LogP contribution in [0.1, 0.15) is 31.7 Å². The molecule has 1 unspecified atom stereocenters. The third kappa shape index (κ3) is 3.45. The summed E-state index contributed by atoms with van der Waals surface area (Å²) in [6.45, 7) is 3.27. The van der Waals surface area contributed by atoms with Crippen molar-refractivity contribution in [2.24, 2.45) is 23.7 Å². The molecule has 6 nitrogen and oxygen atoms in total. The third-order valence-corrected chi connectivity index (χ3v) is 6.35. The lowest BCUT2D eigenvalue weighted by atomic mass is 9.92. The second-order valence-electron chi connectivity index (χ2n) is 8.11. The number of carbonyl (C=O) groups is 3. The van der Waals surface area contributed by atoms with Gasteiger partial charge >= 0.3 is 5.97 Å². The van der Waals surface area contributed by atoms with Gasteiger partial charge in [0.15, 0.2) is 0 Å². The second kappa shape index (κ2) is 6.98. The van der Waals surface area contributed by atoms with E-state index in [9.17, 15) is 19.5 Å². The van der Waals surface area contributed by atoms with E-state index in [0.717, 1.165) is 24.9 Å². The molecule has 2 saturated heterocycles. The van der Waals surface area contributed by atoms with Crippen LogP contribution >= 0.6 is 0 Å². The van der Waals surface area contributed by atoms with Crippen LogP contribution in [0.2, 0.25) is 0 Å². The van der Waals surface area contributed by atoms with Gasteiger partial charge in [0.25, 0.3) is 0 Å². The Kier molecular flexibility index (Phi) is 4.66. The Morgan fingerprint density at radius 1 is 1.11 bits per heavy atom. The quantitative estimate of drug-likeness (QED) is 0.862. The number of nitrogens with zero attached hydrogens (tertiary/aromatic N) is 2. The number of rotatable bonds is 5. The molecule has 2 amide bonds. The van der Waals surface area contributed by atoms with Crippen molar-refractivity contribution in [3.05, 3.63) is 29.8 Å². The van der Waals surface area contributed by atoms with Gasteiger partial charge in [0, 0.05) is 31.7 Å². The van der Waals surface area contributed by atoms with Gasteiger partial charge in [0.05, 0.1) is 11.8 Å². The maximum atomic E-state index is 13.0. The lowest BCUT2D eigenvalue weighted by molar-refractivity contribution is -0.143. The average molecular weight is 370 g/mol. The molecule has 3 atom stereocenters. The molecule has 2 aliphatic heterocycles. The molecule has 0 bridgehead atoms. The summed E-state index contributed by atoms with van der Waals surface area (Å²) in [7, 11) is 0. The van der Waals surface area contributed by atoms with Crippen molar-refractivity contribution in [3.63, 3.8) is 0 Å². The number of carbonyl (C=O) groups excluding carboxylic acids is 2. The number of hydrogen-bond donors (Lipinski definition) is 1. The summed E-state index contributed by atoms with van der Waals surface area (Å²) in [5.41, 5.74) is 2.04. The fourth-order valence-electron chi connectivity index (χ4n) is 4.56. The zero-order chi connectivity index (χ0) is 19.1.